The molecule has 0 bridgehead atoms. The second-order valence-electron chi connectivity index (χ2n) is 8.60. The number of Topliss-reactive ketones (excluding diaryl/α,β-unsaturated/α-hetero) is 1. The third-order valence-corrected chi connectivity index (χ3v) is 6.15. The van der Waals surface area contributed by atoms with Crippen LogP contribution < -0.4 is 10.2 Å². The van der Waals surface area contributed by atoms with Crippen LogP contribution in [0.5, 0.6) is 0 Å². The van der Waals surface area contributed by atoms with Crippen molar-refractivity contribution in [3.63, 3.8) is 0 Å². The molecule has 2 aromatic carbocycles. The fourth-order valence-corrected chi connectivity index (χ4v) is 4.18. The van der Waals surface area contributed by atoms with Crippen LogP contribution in [0.25, 0.3) is 0 Å². The predicted molar refractivity (Wildman–Crippen MR) is 135 cm³/mol. The fourth-order valence-electron chi connectivity index (χ4n) is 4.18. The second kappa shape index (κ2) is 12.6. The Morgan fingerprint density at radius 2 is 1.67 bits per heavy atom. The van der Waals surface area contributed by atoms with Gasteiger partial charge in [0.1, 0.15) is 11.4 Å². The molecule has 0 aromatic heterocycles. The average molecular weight is 498 g/mol. The number of ether oxygens (including phenoxy) is 3. The van der Waals surface area contributed by atoms with Crippen LogP contribution in [0, 0.1) is 5.82 Å². The molecule has 2 aliphatic heterocycles. The van der Waals surface area contributed by atoms with Crippen molar-refractivity contribution in [3.05, 3.63) is 71.2 Å². The summed E-state index contributed by atoms with van der Waals surface area (Å²) in [5.41, 5.74) is 2.11. The number of benzene rings is 2. The lowest BCUT2D eigenvalue weighted by atomic mass is 10.0. The van der Waals surface area contributed by atoms with Gasteiger partial charge in [-0.3, -0.25) is 9.69 Å². The number of carbonyl (C=O) groups excluding carboxylic acids is 2. The van der Waals surface area contributed by atoms with Crippen molar-refractivity contribution in [1.29, 1.82) is 0 Å². The number of ketones is 1. The van der Waals surface area contributed by atoms with E-state index in [9.17, 15) is 14.0 Å². The number of anilines is 2. The number of halogens is 1. The van der Waals surface area contributed by atoms with E-state index in [1.165, 1.54) is 18.3 Å². The van der Waals surface area contributed by atoms with E-state index in [2.05, 4.69) is 15.1 Å². The number of carbonyl (C=O) groups is 2. The number of hydrogen-bond donors (Lipinski definition) is 1. The maximum absolute atomic E-state index is 14.7. The van der Waals surface area contributed by atoms with Crippen molar-refractivity contribution in [2.24, 2.45) is 0 Å². The van der Waals surface area contributed by atoms with Crippen molar-refractivity contribution < 1.29 is 28.2 Å². The minimum absolute atomic E-state index is 0.0945. The van der Waals surface area contributed by atoms with Crippen LogP contribution in [0.3, 0.4) is 0 Å². The highest BCUT2D eigenvalue weighted by molar-refractivity contribution is 6.24. The van der Waals surface area contributed by atoms with Crippen molar-refractivity contribution in [2.45, 2.75) is 13.5 Å². The highest BCUT2D eigenvalue weighted by Gasteiger charge is 2.25. The van der Waals surface area contributed by atoms with Gasteiger partial charge in [-0.25, -0.2) is 9.18 Å². The quantitative estimate of drug-likeness (QED) is 0.186. The zero-order chi connectivity index (χ0) is 25.3. The van der Waals surface area contributed by atoms with Gasteiger partial charge in [0, 0.05) is 50.3 Å². The Morgan fingerprint density at radius 1 is 1.00 bits per heavy atom. The van der Waals surface area contributed by atoms with E-state index in [4.69, 9.17) is 14.2 Å². The van der Waals surface area contributed by atoms with E-state index in [0.717, 1.165) is 37.4 Å². The molecule has 0 atom stereocenters. The van der Waals surface area contributed by atoms with Crippen LogP contribution in [-0.2, 0) is 25.5 Å². The maximum Gasteiger partial charge on any atom is 0.343 e. The Balaban J connectivity index is 1.51. The molecular weight excluding hydrogens is 465 g/mol. The summed E-state index contributed by atoms with van der Waals surface area (Å²) in [5, 5.41) is 2.99. The molecule has 2 fully saturated rings. The van der Waals surface area contributed by atoms with Gasteiger partial charge in [-0.05, 0) is 48.9 Å². The van der Waals surface area contributed by atoms with Crippen molar-refractivity contribution >= 4 is 23.1 Å². The molecule has 0 radical (unpaired) electrons. The Bertz CT molecular complexity index is 1080. The van der Waals surface area contributed by atoms with Gasteiger partial charge < -0.3 is 24.4 Å². The summed E-state index contributed by atoms with van der Waals surface area (Å²) in [5.74, 6) is -2.22. The number of esters is 1. The third kappa shape index (κ3) is 6.69. The first-order chi connectivity index (χ1) is 17.5. The van der Waals surface area contributed by atoms with Gasteiger partial charge in [0.25, 0.3) is 0 Å². The Hall–Kier alpha value is -3.27. The summed E-state index contributed by atoms with van der Waals surface area (Å²) in [7, 11) is 0. The number of morpholine rings is 2. The lowest BCUT2D eigenvalue weighted by Crippen LogP contribution is -2.36. The second-order valence-corrected chi connectivity index (χ2v) is 8.60. The number of nitrogens with one attached hydrogen (secondary N) is 1. The summed E-state index contributed by atoms with van der Waals surface area (Å²) in [4.78, 5) is 30.3. The van der Waals surface area contributed by atoms with Crippen LogP contribution in [0.1, 0.15) is 22.8 Å². The van der Waals surface area contributed by atoms with Crippen molar-refractivity contribution in [2.75, 3.05) is 69.4 Å². The van der Waals surface area contributed by atoms with Crippen LogP contribution in [0.4, 0.5) is 15.8 Å². The first-order valence-corrected chi connectivity index (χ1v) is 12.2. The zero-order valence-corrected chi connectivity index (χ0v) is 20.5. The first-order valence-electron chi connectivity index (χ1n) is 12.2. The largest absolute Gasteiger partial charge is 0.462 e. The lowest BCUT2D eigenvalue weighted by Gasteiger charge is -2.28. The SMILES string of the molecule is CCOC(=O)C(=CNc1ccc(N2CCOCC2)cc1)C(=O)c1cc(CN2CCOCC2)ccc1F. The molecule has 0 saturated carbocycles. The zero-order valence-electron chi connectivity index (χ0n) is 20.5. The van der Waals surface area contributed by atoms with E-state index in [1.54, 1.807) is 13.0 Å². The predicted octanol–water partition coefficient (Wildman–Crippen LogP) is 3.24. The van der Waals surface area contributed by atoms with Gasteiger partial charge in [0.15, 0.2) is 0 Å². The van der Waals surface area contributed by atoms with E-state index in [1.807, 2.05) is 24.3 Å². The molecule has 4 rings (SSSR count). The number of rotatable bonds is 9. The summed E-state index contributed by atoms with van der Waals surface area (Å²) in [6.45, 7) is 8.16. The maximum atomic E-state index is 14.7. The van der Waals surface area contributed by atoms with Gasteiger partial charge in [-0.1, -0.05) is 6.07 Å². The summed E-state index contributed by atoms with van der Waals surface area (Å²) in [6, 6.07) is 12.1. The van der Waals surface area contributed by atoms with Crippen LogP contribution in [0.15, 0.2) is 54.2 Å². The minimum Gasteiger partial charge on any atom is -0.462 e. The molecule has 9 heteroatoms. The molecule has 0 aliphatic carbocycles. The van der Waals surface area contributed by atoms with Gasteiger partial charge in [-0.15, -0.1) is 0 Å². The molecule has 36 heavy (non-hydrogen) atoms. The topological polar surface area (TPSA) is 80.3 Å². The molecule has 2 aromatic rings. The van der Waals surface area contributed by atoms with Crippen LogP contribution in [0.2, 0.25) is 0 Å². The van der Waals surface area contributed by atoms with Gasteiger partial charge in [0.2, 0.25) is 5.78 Å². The molecule has 0 amide bonds. The monoisotopic (exact) mass is 497 g/mol. The molecule has 8 nitrogen and oxygen atoms in total. The highest BCUT2D eigenvalue weighted by atomic mass is 19.1. The molecule has 0 spiro atoms. The minimum atomic E-state index is -0.807. The van der Waals surface area contributed by atoms with E-state index >= 15 is 0 Å². The molecular formula is C27H32FN3O5. The Labute approximate surface area is 210 Å². The normalized spacial score (nSPS) is 17.1. The number of nitrogens with zero attached hydrogens (tertiary/aromatic N) is 2. The summed E-state index contributed by atoms with van der Waals surface area (Å²) in [6.07, 6.45) is 1.29. The molecule has 192 valence electrons. The van der Waals surface area contributed by atoms with Crippen LogP contribution >= 0.6 is 0 Å². The van der Waals surface area contributed by atoms with E-state index in [-0.39, 0.29) is 17.7 Å². The van der Waals surface area contributed by atoms with Gasteiger partial charge >= 0.3 is 5.97 Å². The average Bonchev–Trinajstić information content (AvgIpc) is 2.91. The smallest absolute Gasteiger partial charge is 0.343 e. The Morgan fingerprint density at radius 3 is 2.33 bits per heavy atom. The molecule has 2 heterocycles. The molecule has 1 N–H and O–H groups in total. The first kappa shape index (κ1) is 25.8. The molecule has 2 saturated heterocycles. The van der Waals surface area contributed by atoms with Gasteiger partial charge in [-0.2, -0.15) is 0 Å². The molecule has 0 unspecified atom stereocenters. The highest BCUT2D eigenvalue weighted by Crippen LogP contribution is 2.21. The van der Waals surface area contributed by atoms with E-state index < -0.39 is 17.6 Å². The number of hydrogen-bond acceptors (Lipinski definition) is 8. The summed E-state index contributed by atoms with van der Waals surface area (Å²) >= 11 is 0. The van der Waals surface area contributed by atoms with E-state index in [0.29, 0.717) is 38.7 Å². The Kier molecular flexibility index (Phi) is 9.05. The van der Waals surface area contributed by atoms with Crippen molar-refractivity contribution in [3.8, 4) is 0 Å². The van der Waals surface area contributed by atoms with Crippen molar-refractivity contribution in [1.82, 2.24) is 4.90 Å². The van der Waals surface area contributed by atoms with Crippen LogP contribution in [-0.4, -0.2) is 75.9 Å². The summed E-state index contributed by atoms with van der Waals surface area (Å²) < 4.78 is 30.6. The van der Waals surface area contributed by atoms with Gasteiger partial charge in [0.05, 0.1) is 38.6 Å². The lowest BCUT2D eigenvalue weighted by molar-refractivity contribution is -0.138. The third-order valence-electron chi connectivity index (χ3n) is 6.15. The standard InChI is InChI=1S/C27H32FN3O5/c1-2-36-27(33)24(18-29-21-4-6-22(7-5-21)31-11-15-35-16-12-31)26(32)23-17-20(3-8-25(23)28)19-30-9-13-34-14-10-30/h3-8,17-18,29H,2,9-16,19H2,1H3. The molecule has 2 aliphatic rings. The fraction of sp³-hybridized carbons (Fsp3) is 0.407.